The summed E-state index contributed by atoms with van der Waals surface area (Å²) in [6.45, 7) is 6.24. The first-order valence-electron chi connectivity index (χ1n) is 12.3. The van der Waals surface area contributed by atoms with Crippen molar-refractivity contribution in [2.24, 2.45) is 0 Å². The first-order valence-corrected chi connectivity index (χ1v) is 13.7. The van der Waals surface area contributed by atoms with Crippen LogP contribution < -0.4 is 4.31 Å². The molecule has 2 aromatic rings. The Hall–Kier alpha value is -1.97. The molecule has 0 aromatic heterocycles. The third-order valence-corrected chi connectivity index (χ3v) is 9.06. The Morgan fingerprint density at radius 3 is 2.50 bits per heavy atom. The Labute approximate surface area is 203 Å². The molecule has 1 fully saturated rings. The number of sulfonamides is 1. The maximum Gasteiger partial charge on any atom is 0.264 e. The molecule has 0 bridgehead atoms. The molecular formula is C26H36N2O5S. The number of nitrogens with zero attached hydrogens (tertiary/aromatic N) is 2. The van der Waals surface area contributed by atoms with Gasteiger partial charge in [0, 0.05) is 19.1 Å². The van der Waals surface area contributed by atoms with Crippen molar-refractivity contribution in [1.29, 1.82) is 0 Å². The van der Waals surface area contributed by atoms with Gasteiger partial charge in [0.1, 0.15) is 0 Å². The van der Waals surface area contributed by atoms with Crippen LogP contribution in [0.15, 0.2) is 41.3 Å². The fourth-order valence-electron chi connectivity index (χ4n) is 5.22. The summed E-state index contributed by atoms with van der Waals surface area (Å²) in [5.41, 5.74) is 4.31. The Kier molecular flexibility index (Phi) is 7.94. The number of aliphatic hydroxyl groups excluding tert-OH is 2. The van der Waals surface area contributed by atoms with Gasteiger partial charge in [-0.1, -0.05) is 32.0 Å². The average Bonchev–Trinajstić information content (AvgIpc) is 2.88. The van der Waals surface area contributed by atoms with Gasteiger partial charge in [-0.2, -0.15) is 0 Å². The van der Waals surface area contributed by atoms with Gasteiger partial charge in [0.2, 0.25) is 0 Å². The summed E-state index contributed by atoms with van der Waals surface area (Å²) in [7, 11) is -3.84. The van der Waals surface area contributed by atoms with Crippen molar-refractivity contribution in [2.75, 3.05) is 37.2 Å². The number of fused-ring (bicyclic) bond motifs is 1. The van der Waals surface area contributed by atoms with Crippen LogP contribution in [0.1, 0.15) is 55.0 Å². The summed E-state index contributed by atoms with van der Waals surface area (Å²) in [5, 5.41) is 20.3. The summed E-state index contributed by atoms with van der Waals surface area (Å²) in [6.07, 6.45) is 3.28. The number of anilines is 1. The summed E-state index contributed by atoms with van der Waals surface area (Å²) in [5.74, 6) is 0. The lowest BCUT2D eigenvalue weighted by atomic mass is 9.94. The monoisotopic (exact) mass is 488 g/mol. The minimum absolute atomic E-state index is 0.110. The molecule has 2 aliphatic heterocycles. The molecule has 2 atom stereocenters. The highest BCUT2D eigenvalue weighted by Gasteiger charge is 2.36. The molecule has 0 radical (unpaired) electrons. The largest absolute Gasteiger partial charge is 0.394 e. The predicted octanol–water partition coefficient (Wildman–Crippen LogP) is 3.03. The van der Waals surface area contributed by atoms with Gasteiger partial charge in [-0.25, -0.2) is 8.42 Å². The van der Waals surface area contributed by atoms with Gasteiger partial charge in [-0.3, -0.25) is 9.21 Å². The van der Waals surface area contributed by atoms with Crippen molar-refractivity contribution in [1.82, 2.24) is 4.90 Å². The molecule has 0 aliphatic carbocycles. The zero-order chi connectivity index (χ0) is 24.3. The van der Waals surface area contributed by atoms with Crippen molar-refractivity contribution >= 4 is 15.7 Å². The molecule has 2 aliphatic rings. The van der Waals surface area contributed by atoms with Crippen LogP contribution in [-0.2, 0) is 34.2 Å². The van der Waals surface area contributed by atoms with E-state index in [-0.39, 0.29) is 30.2 Å². The van der Waals surface area contributed by atoms with Crippen LogP contribution in [0.25, 0.3) is 0 Å². The van der Waals surface area contributed by atoms with Crippen LogP contribution in [-0.4, -0.2) is 62.5 Å². The predicted molar refractivity (Wildman–Crippen MR) is 132 cm³/mol. The fraction of sp³-hybridized carbons (Fsp3) is 0.538. The van der Waals surface area contributed by atoms with E-state index in [9.17, 15) is 18.6 Å². The third-order valence-electron chi connectivity index (χ3n) is 7.20. The first kappa shape index (κ1) is 25.1. The van der Waals surface area contributed by atoms with Gasteiger partial charge < -0.3 is 14.9 Å². The fourth-order valence-corrected chi connectivity index (χ4v) is 7.07. The number of ether oxygens (including phenoxy) is 1. The molecule has 4 rings (SSSR count). The normalized spacial score (nSPS) is 20.2. The Bertz CT molecular complexity index is 1100. The van der Waals surface area contributed by atoms with Crippen molar-refractivity contribution in [3.8, 4) is 0 Å². The number of aliphatic hydroxyl groups is 2. The maximum atomic E-state index is 14.0. The Balaban J connectivity index is 1.73. The molecule has 0 spiro atoms. The van der Waals surface area contributed by atoms with E-state index in [0.717, 1.165) is 42.5 Å². The number of benzene rings is 2. The van der Waals surface area contributed by atoms with Crippen LogP contribution in [0.2, 0.25) is 0 Å². The van der Waals surface area contributed by atoms with Gasteiger partial charge in [-0.15, -0.1) is 0 Å². The molecule has 34 heavy (non-hydrogen) atoms. The first-order chi connectivity index (χ1) is 16.4. The highest BCUT2D eigenvalue weighted by molar-refractivity contribution is 7.92. The summed E-state index contributed by atoms with van der Waals surface area (Å²) in [4.78, 5) is 2.29. The highest BCUT2D eigenvalue weighted by Crippen LogP contribution is 2.38. The third kappa shape index (κ3) is 4.75. The van der Waals surface area contributed by atoms with Crippen LogP contribution in [0.4, 0.5) is 5.69 Å². The lowest BCUT2D eigenvalue weighted by Gasteiger charge is -2.38. The van der Waals surface area contributed by atoms with E-state index >= 15 is 0 Å². The topological polar surface area (TPSA) is 90.3 Å². The lowest BCUT2D eigenvalue weighted by Crippen LogP contribution is -2.43. The van der Waals surface area contributed by atoms with Crippen LogP contribution in [0, 0.1) is 0 Å². The minimum Gasteiger partial charge on any atom is -0.394 e. The molecule has 7 nitrogen and oxygen atoms in total. The van der Waals surface area contributed by atoms with E-state index in [4.69, 9.17) is 4.74 Å². The molecule has 0 saturated carbocycles. The number of rotatable bonds is 8. The van der Waals surface area contributed by atoms with E-state index < -0.39 is 10.0 Å². The van der Waals surface area contributed by atoms with Gasteiger partial charge in [0.05, 0.1) is 43.1 Å². The van der Waals surface area contributed by atoms with Crippen molar-refractivity contribution in [3.05, 3.63) is 58.7 Å². The molecule has 2 aromatic carbocycles. The summed E-state index contributed by atoms with van der Waals surface area (Å²) < 4.78 is 34.9. The Morgan fingerprint density at radius 2 is 1.85 bits per heavy atom. The van der Waals surface area contributed by atoms with Crippen LogP contribution >= 0.6 is 0 Å². The smallest absolute Gasteiger partial charge is 0.264 e. The number of hydrogen-bond acceptors (Lipinski definition) is 6. The molecule has 1 saturated heterocycles. The second-order valence-electron chi connectivity index (χ2n) is 9.08. The molecule has 2 heterocycles. The summed E-state index contributed by atoms with van der Waals surface area (Å²) in [6, 6.07) is 10.6. The number of aryl methyl sites for hydroxylation is 2. The van der Waals surface area contributed by atoms with Crippen molar-refractivity contribution < 1.29 is 23.4 Å². The van der Waals surface area contributed by atoms with Crippen molar-refractivity contribution in [2.45, 2.75) is 63.1 Å². The molecular weight excluding hydrogens is 452 g/mol. The highest BCUT2D eigenvalue weighted by atomic mass is 32.2. The van der Waals surface area contributed by atoms with Gasteiger partial charge in [0.15, 0.2) is 0 Å². The van der Waals surface area contributed by atoms with Crippen molar-refractivity contribution in [3.63, 3.8) is 0 Å². The second-order valence-corrected chi connectivity index (χ2v) is 10.9. The molecule has 2 N–H and O–H groups in total. The zero-order valence-corrected chi connectivity index (χ0v) is 20.9. The van der Waals surface area contributed by atoms with E-state index in [1.54, 1.807) is 22.5 Å². The van der Waals surface area contributed by atoms with Crippen LogP contribution in [0.5, 0.6) is 0 Å². The molecule has 0 amide bonds. The van der Waals surface area contributed by atoms with E-state index in [0.29, 0.717) is 31.9 Å². The van der Waals surface area contributed by atoms with Crippen LogP contribution in [0.3, 0.4) is 0 Å². The van der Waals surface area contributed by atoms with Gasteiger partial charge >= 0.3 is 0 Å². The van der Waals surface area contributed by atoms with E-state index in [1.165, 1.54) is 5.56 Å². The number of hydrogen-bond donors (Lipinski definition) is 2. The standard InChI is InChI=1S/C26H36N2O5S/c1-3-19-5-10-25-20(15-19)6-7-22(4-2)28(25)34(31,32)23-8-9-24(21(16-23)17-29)26(18-30)27-11-13-33-14-12-27/h5,8-10,15-16,22,26,29-30H,3-4,6-7,11-14,17-18H2,1-2H3. The molecule has 2 unspecified atom stereocenters. The van der Waals surface area contributed by atoms with E-state index in [1.807, 2.05) is 19.1 Å². The summed E-state index contributed by atoms with van der Waals surface area (Å²) >= 11 is 0. The molecule has 186 valence electrons. The maximum absolute atomic E-state index is 14.0. The molecule has 8 heteroatoms. The average molecular weight is 489 g/mol. The van der Waals surface area contributed by atoms with Gasteiger partial charge in [0.25, 0.3) is 10.0 Å². The zero-order valence-electron chi connectivity index (χ0n) is 20.1. The van der Waals surface area contributed by atoms with E-state index in [2.05, 4.69) is 17.9 Å². The van der Waals surface area contributed by atoms with Gasteiger partial charge in [-0.05, 0) is 66.1 Å². The Morgan fingerprint density at radius 1 is 1.09 bits per heavy atom. The SMILES string of the molecule is CCc1ccc2c(c1)CCC(CC)N2S(=O)(=O)c1ccc(C(CO)N2CCOCC2)c(CO)c1. The second kappa shape index (κ2) is 10.7. The minimum atomic E-state index is -3.84. The number of morpholine rings is 1. The quantitative estimate of drug-likeness (QED) is 0.594. The lowest BCUT2D eigenvalue weighted by molar-refractivity contribution is 0.00214.